The fourth-order valence-corrected chi connectivity index (χ4v) is 4.01. The van der Waals surface area contributed by atoms with Crippen LogP contribution < -0.4 is 0 Å². The summed E-state index contributed by atoms with van der Waals surface area (Å²) in [6.45, 7) is 8.06. The van der Waals surface area contributed by atoms with Gasteiger partial charge in [-0.05, 0) is 24.7 Å². The Labute approximate surface area is 149 Å². The van der Waals surface area contributed by atoms with E-state index in [-0.39, 0.29) is 18.4 Å². The number of carbonyl (C=O) groups excluding carboxylic acids is 1. The van der Waals surface area contributed by atoms with Crippen LogP contribution in [-0.2, 0) is 11.2 Å². The van der Waals surface area contributed by atoms with Gasteiger partial charge in [0.2, 0.25) is 0 Å². The maximum absolute atomic E-state index is 13.0. The summed E-state index contributed by atoms with van der Waals surface area (Å²) in [4.78, 5) is 17.3. The van der Waals surface area contributed by atoms with Crippen molar-refractivity contribution in [2.24, 2.45) is 11.8 Å². The molecule has 0 aromatic carbocycles. The Balaban J connectivity index is 1.66. The van der Waals surface area contributed by atoms with Gasteiger partial charge in [-0.25, -0.2) is 0 Å². The van der Waals surface area contributed by atoms with Crippen molar-refractivity contribution < 1.29 is 14.6 Å². The molecule has 2 saturated heterocycles. The van der Waals surface area contributed by atoms with Crippen molar-refractivity contribution in [3.63, 3.8) is 0 Å². The number of aromatic amines is 1. The molecule has 1 amide bonds. The second kappa shape index (κ2) is 8.78. The summed E-state index contributed by atoms with van der Waals surface area (Å²) in [5, 5.41) is 16.7. The first kappa shape index (κ1) is 18.4. The molecule has 2 atom stereocenters. The van der Waals surface area contributed by atoms with E-state index < -0.39 is 0 Å². The van der Waals surface area contributed by atoms with E-state index in [0.717, 1.165) is 64.3 Å². The lowest BCUT2D eigenvalue weighted by Gasteiger charge is -2.40. The number of likely N-dealkylation sites (tertiary alicyclic amines) is 1. The third-order valence-corrected chi connectivity index (χ3v) is 5.24. The number of hydrogen-bond donors (Lipinski definition) is 2. The van der Waals surface area contributed by atoms with E-state index in [1.807, 2.05) is 4.90 Å². The Bertz CT molecular complexity index is 556. The third kappa shape index (κ3) is 4.59. The highest BCUT2D eigenvalue weighted by Gasteiger charge is 2.32. The van der Waals surface area contributed by atoms with Crippen LogP contribution in [-0.4, -0.2) is 83.6 Å². The molecule has 1 aromatic heterocycles. The topological polar surface area (TPSA) is 81.7 Å². The summed E-state index contributed by atoms with van der Waals surface area (Å²) in [6, 6.07) is 0. The summed E-state index contributed by atoms with van der Waals surface area (Å²) in [7, 11) is 0. The van der Waals surface area contributed by atoms with E-state index in [0.29, 0.717) is 18.0 Å². The van der Waals surface area contributed by atoms with E-state index in [1.165, 1.54) is 0 Å². The number of aliphatic hydroxyl groups is 1. The largest absolute Gasteiger partial charge is 0.396 e. The lowest BCUT2D eigenvalue weighted by Crippen LogP contribution is -2.49. The number of piperidine rings is 1. The molecular formula is C18H30N4O3. The molecule has 1 aromatic rings. The molecule has 0 unspecified atom stereocenters. The van der Waals surface area contributed by atoms with Gasteiger partial charge in [0, 0.05) is 45.0 Å². The maximum Gasteiger partial charge on any atom is 0.257 e. The first-order chi connectivity index (χ1) is 12.2. The van der Waals surface area contributed by atoms with Crippen LogP contribution in [0, 0.1) is 11.8 Å². The number of nitrogens with one attached hydrogen (secondary N) is 1. The zero-order chi connectivity index (χ0) is 17.6. The maximum atomic E-state index is 13.0. The van der Waals surface area contributed by atoms with Gasteiger partial charge in [-0.2, -0.15) is 5.10 Å². The van der Waals surface area contributed by atoms with Crippen molar-refractivity contribution in [1.82, 2.24) is 20.0 Å². The number of aliphatic hydroxyl groups excluding tert-OH is 1. The van der Waals surface area contributed by atoms with Crippen molar-refractivity contribution in [2.75, 3.05) is 52.5 Å². The summed E-state index contributed by atoms with van der Waals surface area (Å²) < 4.78 is 5.42. The number of ether oxygens (including phenoxy) is 1. The minimum atomic E-state index is 0.0438. The van der Waals surface area contributed by atoms with Crippen molar-refractivity contribution in [2.45, 2.75) is 26.2 Å². The minimum absolute atomic E-state index is 0.0438. The number of hydrogen-bond acceptors (Lipinski definition) is 5. The monoisotopic (exact) mass is 350 g/mol. The molecule has 3 rings (SSSR count). The first-order valence-corrected chi connectivity index (χ1v) is 9.43. The van der Waals surface area contributed by atoms with Gasteiger partial charge < -0.3 is 14.7 Å². The molecule has 0 saturated carbocycles. The van der Waals surface area contributed by atoms with E-state index in [2.05, 4.69) is 22.0 Å². The predicted molar refractivity (Wildman–Crippen MR) is 94.4 cm³/mol. The molecule has 0 spiro atoms. The number of nitrogens with zero attached hydrogens (tertiary/aromatic N) is 3. The third-order valence-electron chi connectivity index (χ3n) is 5.24. The molecule has 2 N–H and O–H groups in total. The zero-order valence-corrected chi connectivity index (χ0v) is 15.1. The second-order valence-corrected chi connectivity index (χ2v) is 7.29. The van der Waals surface area contributed by atoms with Crippen molar-refractivity contribution >= 4 is 5.91 Å². The highest BCUT2D eigenvalue weighted by Crippen LogP contribution is 2.25. The van der Waals surface area contributed by atoms with Gasteiger partial charge in [0.25, 0.3) is 5.91 Å². The summed E-state index contributed by atoms with van der Waals surface area (Å²) >= 11 is 0. The molecule has 0 bridgehead atoms. The molecule has 0 radical (unpaired) electrons. The molecule has 2 aliphatic heterocycles. The van der Waals surface area contributed by atoms with Crippen molar-refractivity contribution in [3.05, 3.63) is 17.5 Å². The van der Waals surface area contributed by atoms with Crippen LogP contribution in [0.25, 0.3) is 0 Å². The average Bonchev–Trinajstić information content (AvgIpc) is 3.10. The molecular weight excluding hydrogens is 320 g/mol. The number of carbonyl (C=O) groups is 1. The number of rotatable bonds is 6. The van der Waals surface area contributed by atoms with Gasteiger partial charge in [0.1, 0.15) is 0 Å². The number of amides is 1. The molecule has 3 heterocycles. The lowest BCUT2D eigenvalue weighted by atomic mass is 9.88. The van der Waals surface area contributed by atoms with E-state index in [9.17, 15) is 9.90 Å². The van der Waals surface area contributed by atoms with Gasteiger partial charge in [-0.1, -0.05) is 13.3 Å². The van der Waals surface area contributed by atoms with E-state index in [4.69, 9.17) is 4.74 Å². The van der Waals surface area contributed by atoms with Crippen molar-refractivity contribution in [1.29, 1.82) is 0 Å². The molecule has 0 aliphatic carbocycles. The molecule has 7 heteroatoms. The minimum Gasteiger partial charge on any atom is -0.396 e. The Kier molecular flexibility index (Phi) is 6.45. The fraction of sp³-hybridized carbons (Fsp3) is 0.778. The second-order valence-electron chi connectivity index (χ2n) is 7.29. The highest BCUT2D eigenvalue weighted by atomic mass is 16.5. The number of aryl methyl sites for hydroxylation is 1. The van der Waals surface area contributed by atoms with Gasteiger partial charge in [-0.3, -0.25) is 14.8 Å². The average molecular weight is 350 g/mol. The van der Waals surface area contributed by atoms with Gasteiger partial charge >= 0.3 is 0 Å². The molecule has 2 aliphatic rings. The lowest BCUT2D eigenvalue weighted by molar-refractivity contribution is 0.0130. The van der Waals surface area contributed by atoms with Gasteiger partial charge in [-0.15, -0.1) is 0 Å². The highest BCUT2D eigenvalue weighted by molar-refractivity contribution is 5.95. The molecule has 140 valence electrons. The Morgan fingerprint density at radius 1 is 1.36 bits per heavy atom. The van der Waals surface area contributed by atoms with Crippen LogP contribution in [0.4, 0.5) is 0 Å². The van der Waals surface area contributed by atoms with Gasteiger partial charge in [0.05, 0.1) is 25.0 Å². The SMILES string of the molecule is CCCc1[nH]ncc1C(=O)N1C[C@@H](CN2CCOCC2)C[C@H](CO)C1. The van der Waals surface area contributed by atoms with E-state index in [1.54, 1.807) is 6.20 Å². The quantitative estimate of drug-likeness (QED) is 0.792. The van der Waals surface area contributed by atoms with Gasteiger partial charge in [0.15, 0.2) is 0 Å². The van der Waals surface area contributed by atoms with Crippen LogP contribution in [0.2, 0.25) is 0 Å². The molecule has 25 heavy (non-hydrogen) atoms. The molecule has 2 fully saturated rings. The first-order valence-electron chi connectivity index (χ1n) is 9.43. The Morgan fingerprint density at radius 2 is 2.12 bits per heavy atom. The normalized spacial score (nSPS) is 25.3. The summed E-state index contributed by atoms with van der Waals surface area (Å²) in [5.74, 6) is 0.599. The number of H-pyrrole nitrogens is 1. The Morgan fingerprint density at radius 3 is 2.84 bits per heavy atom. The van der Waals surface area contributed by atoms with Crippen molar-refractivity contribution in [3.8, 4) is 0 Å². The van der Waals surface area contributed by atoms with Crippen LogP contribution >= 0.6 is 0 Å². The van der Waals surface area contributed by atoms with Crippen LogP contribution in [0.5, 0.6) is 0 Å². The van der Waals surface area contributed by atoms with Crippen LogP contribution in [0.3, 0.4) is 0 Å². The zero-order valence-electron chi connectivity index (χ0n) is 15.1. The van der Waals surface area contributed by atoms with Crippen LogP contribution in [0.15, 0.2) is 6.20 Å². The standard InChI is InChI=1S/C18H30N4O3/c1-2-3-17-16(9-19-20-17)18(24)22-11-14(8-15(12-22)13-23)10-21-4-6-25-7-5-21/h9,14-15,23H,2-8,10-13H2,1H3,(H,19,20)/t14-,15+/m1/s1. The number of aromatic nitrogens is 2. The Hall–Kier alpha value is -1.44. The summed E-state index contributed by atoms with van der Waals surface area (Å²) in [6.07, 6.45) is 4.43. The van der Waals surface area contributed by atoms with Crippen LogP contribution in [0.1, 0.15) is 35.8 Å². The summed E-state index contributed by atoms with van der Waals surface area (Å²) in [5.41, 5.74) is 1.61. The smallest absolute Gasteiger partial charge is 0.257 e. The predicted octanol–water partition coefficient (Wildman–Crippen LogP) is 0.765. The fourth-order valence-electron chi connectivity index (χ4n) is 4.01. The van der Waals surface area contributed by atoms with E-state index >= 15 is 0 Å². The number of morpholine rings is 1. The molecule has 7 nitrogen and oxygen atoms in total.